The van der Waals surface area contributed by atoms with E-state index in [-0.39, 0.29) is 42.4 Å². The van der Waals surface area contributed by atoms with Crippen LogP contribution in [0.3, 0.4) is 0 Å². The Balaban J connectivity index is 1.48. The number of hydrogen-bond donors (Lipinski definition) is 1. The van der Waals surface area contributed by atoms with Gasteiger partial charge in [-0.3, -0.25) is 14.4 Å². The Morgan fingerprint density at radius 1 is 1.12 bits per heavy atom. The highest BCUT2D eigenvalue weighted by molar-refractivity contribution is 5.96. The summed E-state index contributed by atoms with van der Waals surface area (Å²) in [6.45, 7) is 1.51. The second-order valence-corrected chi connectivity index (χ2v) is 6.89. The summed E-state index contributed by atoms with van der Waals surface area (Å²) in [5, 5.41) is 2.88. The van der Waals surface area contributed by atoms with Gasteiger partial charge in [0.05, 0.1) is 6.04 Å². The first kappa shape index (κ1) is 18.4. The molecular formula is C19H24FN3O3. The molecule has 1 atom stereocenters. The molecular weight excluding hydrogens is 337 g/mol. The molecule has 3 amide bonds. The fourth-order valence-corrected chi connectivity index (χ4v) is 3.49. The van der Waals surface area contributed by atoms with E-state index in [1.807, 2.05) is 0 Å². The predicted molar refractivity (Wildman–Crippen MR) is 95.0 cm³/mol. The summed E-state index contributed by atoms with van der Waals surface area (Å²) < 4.78 is 13.0. The Kier molecular flexibility index (Phi) is 5.85. The van der Waals surface area contributed by atoms with Gasteiger partial charge < -0.3 is 15.1 Å². The third-order valence-corrected chi connectivity index (χ3v) is 4.91. The zero-order valence-electron chi connectivity index (χ0n) is 14.7. The van der Waals surface area contributed by atoms with E-state index in [4.69, 9.17) is 0 Å². The smallest absolute Gasteiger partial charge is 0.229 e. The minimum atomic E-state index is -0.353. The van der Waals surface area contributed by atoms with Crippen LogP contribution < -0.4 is 10.2 Å². The van der Waals surface area contributed by atoms with E-state index in [0.29, 0.717) is 31.7 Å². The summed E-state index contributed by atoms with van der Waals surface area (Å²) in [5.41, 5.74) is 0.628. The lowest BCUT2D eigenvalue weighted by atomic mass is 10.2. The number of carbonyl (C=O) groups is 3. The average molecular weight is 361 g/mol. The van der Waals surface area contributed by atoms with Gasteiger partial charge in [-0.2, -0.15) is 0 Å². The zero-order chi connectivity index (χ0) is 18.5. The van der Waals surface area contributed by atoms with Crippen molar-refractivity contribution in [1.82, 2.24) is 10.2 Å². The summed E-state index contributed by atoms with van der Waals surface area (Å²) >= 11 is 0. The van der Waals surface area contributed by atoms with E-state index in [0.717, 1.165) is 19.3 Å². The summed E-state index contributed by atoms with van der Waals surface area (Å²) in [6, 6.07) is 5.48. The van der Waals surface area contributed by atoms with E-state index in [9.17, 15) is 18.8 Å². The van der Waals surface area contributed by atoms with E-state index >= 15 is 0 Å². The van der Waals surface area contributed by atoms with Gasteiger partial charge in [0.1, 0.15) is 5.82 Å². The lowest BCUT2D eigenvalue weighted by molar-refractivity contribution is -0.131. The maximum absolute atomic E-state index is 13.0. The van der Waals surface area contributed by atoms with Crippen molar-refractivity contribution >= 4 is 23.4 Å². The standard InChI is InChI=1S/C19H24FN3O3/c20-14-5-7-16(8-6-14)23-13-15(12-19(23)26)21-17(24)9-11-22-10-3-1-2-4-18(22)25/h5-8,15H,1-4,9-13H2,(H,21,24). The molecule has 2 heterocycles. The van der Waals surface area contributed by atoms with Crippen LogP contribution in [0.25, 0.3) is 0 Å². The number of likely N-dealkylation sites (tertiary alicyclic amines) is 1. The van der Waals surface area contributed by atoms with Gasteiger partial charge in [-0.05, 0) is 37.1 Å². The molecule has 1 aromatic rings. The molecule has 2 fully saturated rings. The molecule has 26 heavy (non-hydrogen) atoms. The van der Waals surface area contributed by atoms with E-state index in [1.165, 1.54) is 12.1 Å². The van der Waals surface area contributed by atoms with Gasteiger partial charge in [0.25, 0.3) is 0 Å². The van der Waals surface area contributed by atoms with Crippen molar-refractivity contribution in [1.29, 1.82) is 0 Å². The third-order valence-electron chi connectivity index (χ3n) is 4.91. The molecule has 0 aliphatic carbocycles. The molecule has 0 aromatic heterocycles. The maximum Gasteiger partial charge on any atom is 0.229 e. The maximum atomic E-state index is 13.0. The molecule has 140 valence electrons. The summed E-state index contributed by atoms with van der Waals surface area (Å²) in [7, 11) is 0. The first-order valence-electron chi connectivity index (χ1n) is 9.16. The number of nitrogens with one attached hydrogen (secondary N) is 1. The Morgan fingerprint density at radius 2 is 1.88 bits per heavy atom. The van der Waals surface area contributed by atoms with Crippen molar-refractivity contribution in [3.63, 3.8) is 0 Å². The number of hydrogen-bond acceptors (Lipinski definition) is 3. The van der Waals surface area contributed by atoms with Gasteiger partial charge in [-0.25, -0.2) is 4.39 Å². The quantitative estimate of drug-likeness (QED) is 0.870. The van der Waals surface area contributed by atoms with E-state index < -0.39 is 0 Å². The average Bonchev–Trinajstić information content (AvgIpc) is 2.84. The van der Waals surface area contributed by atoms with Gasteiger partial charge in [0.15, 0.2) is 0 Å². The first-order chi connectivity index (χ1) is 12.5. The number of rotatable bonds is 5. The van der Waals surface area contributed by atoms with Crippen LogP contribution in [0, 0.1) is 5.82 Å². The largest absolute Gasteiger partial charge is 0.351 e. The highest BCUT2D eigenvalue weighted by Gasteiger charge is 2.31. The Labute approximate surface area is 152 Å². The topological polar surface area (TPSA) is 69.7 Å². The van der Waals surface area contributed by atoms with Gasteiger partial charge >= 0.3 is 0 Å². The van der Waals surface area contributed by atoms with Crippen molar-refractivity contribution in [2.45, 2.75) is 44.6 Å². The van der Waals surface area contributed by atoms with Crippen LogP contribution in [0.5, 0.6) is 0 Å². The van der Waals surface area contributed by atoms with Crippen LogP contribution in [-0.4, -0.2) is 48.3 Å². The van der Waals surface area contributed by atoms with Gasteiger partial charge in [0, 0.05) is 44.6 Å². The lowest BCUT2D eigenvalue weighted by Gasteiger charge is -2.21. The van der Waals surface area contributed by atoms with Crippen LogP contribution in [0.2, 0.25) is 0 Å². The van der Waals surface area contributed by atoms with Crippen LogP contribution in [-0.2, 0) is 14.4 Å². The molecule has 1 unspecified atom stereocenters. The molecule has 0 radical (unpaired) electrons. The molecule has 0 spiro atoms. The first-order valence-corrected chi connectivity index (χ1v) is 9.16. The SMILES string of the molecule is O=C(CCN1CCCCCC1=O)NC1CC(=O)N(c2ccc(F)cc2)C1. The number of halogens is 1. The molecule has 2 aliphatic heterocycles. The molecule has 0 saturated carbocycles. The van der Waals surface area contributed by atoms with Crippen molar-refractivity contribution in [2.75, 3.05) is 24.5 Å². The molecule has 6 nitrogen and oxygen atoms in total. The number of anilines is 1. The number of amides is 3. The summed E-state index contributed by atoms with van der Waals surface area (Å²) in [5.74, 6) is -0.479. The highest BCUT2D eigenvalue weighted by atomic mass is 19.1. The van der Waals surface area contributed by atoms with Crippen LogP contribution >= 0.6 is 0 Å². The number of benzene rings is 1. The predicted octanol–water partition coefficient (Wildman–Crippen LogP) is 1.84. The fourth-order valence-electron chi connectivity index (χ4n) is 3.49. The molecule has 2 aliphatic rings. The number of nitrogens with zero attached hydrogens (tertiary/aromatic N) is 2. The van der Waals surface area contributed by atoms with Gasteiger partial charge in [0.2, 0.25) is 17.7 Å². The van der Waals surface area contributed by atoms with Crippen molar-refractivity contribution in [2.24, 2.45) is 0 Å². The Morgan fingerprint density at radius 3 is 2.65 bits per heavy atom. The van der Waals surface area contributed by atoms with E-state index in [2.05, 4.69) is 5.32 Å². The van der Waals surface area contributed by atoms with Crippen molar-refractivity contribution in [3.8, 4) is 0 Å². The minimum absolute atomic E-state index is 0.0930. The molecule has 3 rings (SSSR count). The highest BCUT2D eigenvalue weighted by Crippen LogP contribution is 2.22. The second-order valence-electron chi connectivity index (χ2n) is 6.89. The Bertz CT molecular complexity index is 677. The van der Waals surface area contributed by atoms with Gasteiger partial charge in [-0.1, -0.05) is 6.42 Å². The van der Waals surface area contributed by atoms with Crippen molar-refractivity contribution < 1.29 is 18.8 Å². The summed E-state index contributed by atoms with van der Waals surface area (Å²) in [6.07, 6.45) is 3.99. The second kappa shape index (κ2) is 8.29. The molecule has 2 saturated heterocycles. The fraction of sp³-hybridized carbons (Fsp3) is 0.526. The normalized spacial score (nSPS) is 21.0. The third kappa shape index (κ3) is 4.59. The molecule has 7 heteroatoms. The molecule has 1 aromatic carbocycles. The van der Waals surface area contributed by atoms with Crippen molar-refractivity contribution in [3.05, 3.63) is 30.1 Å². The van der Waals surface area contributed by atoms with E-state index in [1.54, 1.807) is 21.9 Å². The van der Waals surface area contributed by atoms with Crippen LogP contribution in [0.1, 0.15) is 38.5 Å². The summed E-state index contributed by atoms with van der Waals surface area (Å²) in [4.78, 5) is 39.6. The number of carbonyl (C=O) groups excluding carboxylic acids is 3. The molecule has 0 bridgehead atoms. The zero-order valence-corrected chi connectivity index (χ0v) is 14.7. The monoisotopic (exact) mass is 361 g/mol. The Hall–Kier alpha value is -2.44. The van der Waals surface area contributed by atoms with Gasteiger partial charge in [-0.15, -0.1) is 0 Å². The lowest BCUT2D eigenvalue weighted by Crippen LogP contribution is -2.40. The molecule has 1 N–H and O–H groups in total. The van der Waals surface area contributed by atoms with Crippen LogP contribution in [0.15, 0.2) is 24.3 Å². The minimum Gasteiger partial charge on any atom is -0.351 e. The van der Waals surface area contributed by atoms with Crippen LogP contribution in [0.4, 0.5) is 10.1 Å².